The van der Waals surface area contributed by atoms with Crippen molar-refractivity contribution in [2.24, 2.45) is 5.92 Å². The molecule has 1 rings (SSSR count). The zero-order chi connectivity index (χ0) is 7.40. The fraction of sp³-hybridized carbons (Fsp3) is 0.625. The average molecular weight is 140 g/mol. The van der Waals surface area contributed by atoms with Crippen molar-refractivity contribution in [2.75, 3.05) is 13.2 Å². The summed E-state index contributed by atoms with van der Waals surface area (Å²) in [6.07, 6.45) is 4.62. The highest BCUT2D eigenvalue weighted by atomic mass is 16.5. The summed E-state index contributed by atoms with van der Waals surface area (Å²) in [6.45, 7) is 3.18. The molecule has 0 N–H and O–H groups in total. The predicted molar refractivity (Wildman–Crippen MR) is 38.7 cm³/mol. The third-order valence-corrected chi connectivity index (χ3v) is 1.57. The standard InChI is InChI=1S/C8H12O2/c1-7(9)2-3-8-4-5-10-6-8/h2-3,8H,4-6H2,1H3/b3-2+/t8-/m1/s1. The lowest BCUT2D eigenvalue weighted by atomic mass is 10.1. The number of hydrogen-bond acceptors (Lipinski definition) is 2. The summed E-state index contributed by atoms with van der Waals surface area (Å²) in [6, 6.07) is 0. The minimum atomic E-state index is 0.118. The highest BCUT2D eigenvalue weighted by molar-refractivity contribution is 5.87. The molecule has 0 amide bonds. The third-order valence-electron chi connectivity index (χ3n) is 1.57. The molecule has 1 atom stereocenters. The maximum absolute atomic E-state index is 10.5. The summed E-state index contributed by atoms with van der Waals surface area (Å²) in [5.41, 5.74) is 0. The second kappa shape index (κ2) is 3.52. The molecule has 0 unspecified atom stereocenters. The van der Waals surface area contributed by atoms with Crippen LogP contribution >= 0.6 is 0 Å². The topological polar surface area (TPSA) is 26.3 Å². The largest absolute Gasteiger partial charge is 0.381 e. The number of carbonyl (C=O) groups excluding carboxylic acids is 1. The summed E-state index contributed by atoms with van der Waals surface area (Å²) in [4.78, 5) is 10.5. The van der Waals surface area contributed by atoms with E-state index in [1.165, 1.54) is 0 Å². The van der Waals surface area contributed by atoms with E-state index in [-0.39, 0.29) is 5.78 Å². The Morgan fingerprint density at radius 3 is 3.00 bits per heavy atom. The first-order chi connectivity index (χ1) is 4.79. The van der Waals surface area contributed by atoms with Crippen LogP contribution in [0.25, 0.3) is 0 Å². The monoisotopic (exact) mass is 140 g/mol. The van der Waals surface area contributed by atoms with E-state index in [2.05, 4.69) is 0 Å². The first-order valence-corrected chi connectivity index (χ1v) is 3.55. The van der Waals surface area contributed by atoms with Crippen LogP contribution in [0.15, 0.2) is 12.2 Å². The van der Waals surface area contributed by atoms with Gasteiger partial charge >= 0.3 is 0 Å². The van der Waals surface area contributed by atoms with E-state index in [1.54, 1.807) is 13.0 Å². The summed E-state index contributed by atoms with van der Waals surface area (Å²) < 4.78 is 5.13. The molecule has 1 saturated heterocycles. The first kappa shape index (κ1) is 7.48. The first-order valence-electron chi connectivity index (χ1n) is 3.55. The second-order valence-electron chi connectivity index (χ2n) is 2.59. The Morgan fingerprint density at radius 1 is 1.70 bits per heavy atom. The van der Waals surface area contributed by atoms with Crippen LogP contribution in [-0.4, -0.2) is 19.0 Å². The smallest absolute Gasteiger partial charge is 0.152 e. The molecule has 56 valence electrons. The second-order valence-corrected chi connectivity index (χ2v) is 2.59. The van der Waals surface area contributed by atoms with Gasteiger partial charge < -0.3 is 4.74 Å². The zero-order valence-corrected chi connectivity index (χ0v) is 6.17. The van der Waals surface area contributed by atoms with E-state index < -0.39 is 0 Å². The van der Waals surface area contributed by atoms with E-state index in [0.29, 0.717) is 5.92 Å². The minimum absolute atomic E-state index is 0.118. The molecule has 2 heteroatoms. The summed E-state index contributed by atoms with van der Waals surface area (Å²) >= 11 is 0. The van der Waals surface area contributed by atoms with Gasteiger partial charge in [0.15, 0.2) is 5.78 Å². The average Bonchev–Trinajstić information content (AvgIpc) is 2.34. The van der Waals surface area contributed by atoms with Gasteiger partial charge in [0.05, 0.1) is 6.61 Å². The normalized spacial score (nSPS) is 25.9. The van der Waals surface area contributed by atoms with Gasteiger partial charge in [0, 0.05) is 12.5 Å². The van der Waals surface area contributed by atoms with E-state index in [1.807, 2.05) is 6.08 Å². The van der Waals surface area contributed by atoms with Gasteiger partial charge in [0.2, 0.25) is 0 Å². The highest BCUT2D eigenvalue weighted by Crippen LogP contribution is 2.12. The molecule has 0 aromatic rings. The molecule has 0 aromatic carbocycles. The van der Waals surface area contributed by atoms with Gasteiger partial charge in [-0.05, 0) is 19.4 Å². The number of hydrogen-bond donors (Lipinski definition) is 0. The number of rotatable bonds is 2. The third kappa shape index (κ3) is 2.31. The minimum Gasteiger partial charge on any atom is -0.381 e. The number of allylic oxidation sites excluding steroid dienone is 1. The summed E-state index contributed by atoms with van der Waals surface area (Å²) in [7, 11) is 0. The van der Waals surface area contributed by atoms with Crippen molar-refractivity contribution in [1.29, 1.82) is 0 Å². The lowest BCUT2D eigenvalue weighted by Crippen LogP contribution is -1.94. The quantitative estimate of drug-likeness (QED) is 0.538. The maximum atomic E-state index is 10.5. The van der Waals surface area contributed by atoms with Crippen molar-refractivity contribution in [3.8, 4) is 0 Å². The fourth-order valence-corrected chi connectivity index (χ4v) is 0.976. The van der Waals surface area contributed by atoms with Crippen LogP contribution < -0.4 is 0 Å². The van der Waals surface area contributed by atoms with Crippen molar-refractivity contribution >= 4 is 5.78 Å². The van der Waals surface area contributed by atoms with E-state index >= 15 is 0 Å². The van der Waals surface area contributed by atoms with Gasteiger partial charge in [0.25, 0.3) is 0 Å². The number of ketones is 1. The molecule has 10 heavy (non-hydrogen) atoms. The molecule has 0 radical (unpaired) electrons. The molecular weight excluding hydrogens is 128 g/mol. The van der Waals surface area contributed by atoms with Crippen molar-refractivity contribution in [3.05, 3.63) is 12.2 Å². The van der Waals surface area contributed by atoms with Crippen LogP contribution in [-0.2, 0) is 9.53 Å². The molecule has 0 saturated carbocycles. The SMILES string of the molecule is CC(=O)/C=C/[C@@H]1CCOC1. The molecular formula is C8H12O2. The van der Waals surface area contributed by atoms with E-state index in [0.717, 1.165) is 19.6 Å². The van der Waals surface area contributed by atoms with Gasteiger partial charge in [-0.15, -0.1) is 0 Å². The van der Waals surface area contributed by atoms with Crippen LogP contribution in [0.3, 0.4) is 0 Å². The lowest BCUT2D eigenvalue weighted by Gasteiger charge is -1.95. The Bertz CT molecular complexity index is 143. The Hall–Kier alpha value is -0.630. The lowest BCUT2D eigenvalue weighted by molar-refractivity contribution is -0.112. The van der Waals surface area contributed by atoms with Gasteiger partial charge in [-0.1, -0.05) is 6.08 Å². The molecule has 1 aliphatic rings. The van der Waals surface area contributed by atoms with Gasteiger partial charge in [0.1, 0.15) is 0 Å². The fourth-order valence-electron chi connectivity index (χ4n) is 0.976. The van der Waals surface area contributed by atoms with Gasteiger partial charge in [-0.2, -0.15) is 0 Å². The van der Waals surface area contributed by atoms with Crippen molar-refractivity contribution < 1.29 is 9.53 Å². The van der Waals surface area contributed by atoms with E-state index in [4.69, 9.17) is 4.74 Å². The Balaban J connectivity index is 2.29. The van der Waals surface area contributed by atoms with Crippen LogP contribution in [0, 0.1) is 5.92 Å². The predicted octanol–water partition coefficient (Wildman–Crippen LogP) is 1.17. The van der Waals surface area contributed by atoms with Crippen molar-refractivity contribution in [1.82, 2.24) is 0 Å². The molecule has 0 bridgehead atoms. The number of carbonyl (C=O) groups is 1. The van der Waals surface area contributed by atoms with Gasteiger partial charge in [-0.25, -0.2) is 0 Å². The van der Waals surface area contributed by atoms with Crippen LogP contribution in [0.2, 0.25) is 0 Å². The Labute approximate surface area is 60.9 Å². The van der Waals surface area contributed by atoms with Crippen LogP contribution in [0.4, 0.5) is 0 Å². The molecule has 2 nitrogen and oxygen atoms in total. The van der Waals surface area contributed by atoms with Crippen molar-refractivity contribution in [3.63, 3.8) is 0 Å². The van der Waals surface area contributed by atoms with Crippen LogP contribution in [0.1, 0.15) is 13.3 Å². The molecule has 0 spiro atoms. The summed E-state index contributed by atoms with van der Waals surface area (Å²) in [5, 5.41) is 0. The Morgan fingerprint density at radius 2 is 2.50 bits per heavy atom. The van der Waals surface area contributed by atoms with Crippen LogP contribution in [0.5, 0.6) is 0 Å². The number of ether oxygens (including phenoxy) is 1. The molecule has 1 aliphatic heterocycles. The molecule has 1 heterocycles. The zero-order valence-electron chi connectivity index (χ0n) is 6.17. The molecule has 0 aliphatic carbocycles. The van der Waals surface area contributed by atoms with Crippen molar-refractivity contribution in [2.45, 2.75) is 13.3 Å². The molecule has 0 aromatic heterocycles. The Kier molecular flexibility index (Phi) is 2.63. The highest BCUT2D eigenvalue weighted by Gasteiger charge is 2.11. The van der Waals surface area contributed by atoms with E-state index in [9.17, 15) is 4.79 Å². The molecule has 1 fully saturated rings. The van der Waals surface area contributed by atoms with Gasteiger partial charge in [-0.3, -0.25) is 4.79 Å². The maximum Gasteiger partial charge on any atom is 0.152 e. The summed E-state index contributed by atoms with van der Waals surface area (Å²) in [5.74, 6) is 0.593.